The lowest BCUT2D eigenvalue weighted by molar-refractivity contribution is 0.412. The molecule has 0 aliphatic rings. The number of aromatic amines is 1. The molecule has 1 aromatic heterocycles. The molecule has 3 nitrogen and oxygen atoms in total. The van der Waals surface area contributed by atoms with Gasteiger partial charge in [0, 0.05) is 5.39 Å². The van der Waals surface area contributed by atoms with E-state index < -0.39 is 0 Å². The lowest BCUT2D eigenvalue weighted by Gasteiger charge is -2.03. The molecule has 0 saturated heterocycles. The molecule has 0 amide bonds. The van der Waals surface area contributed by atoms with Crippen molar-refractivity contribution < 1.29 is 4.74 Å². The predicted molar refractivity (Wildman–Crippen MR) is 55.1 cm³/mol. The number of halogens is 1. The minimum absolute atomic E-state index is 0.884. The SMILES string of the molecule is COc1cc2c(Br)[nH]nc2cc1C. The van der Waals surface area contributed by atoms with E-state index in [9.17, 15) is 0 Å². The summed E-state index contributed by atoms with van der Waals surface area (Å²) in [7, 11) is 1.67. The van der Waals surface area contributed by atoms with Gasteiger partial charge in [0.2, 0.25) is 0 Å². The smallest absolute Gasteiger partial charge is 0.122 e. The van der Waals surface area contributed by atoms with Crippen LogP contribution >= 0.6 is 15.9 Å². The fourth-order valence-electron chi connectivity index (χ4n) is 1.33. The first-order valence-electron chi connectivity index (χ1n) is 3.90. The van der Waals surface area contributed by atoms with Crippen molar-refractivity contribution in [1.29, 1.82) is 0 Å². The summed E-state index contributed by atoms with van der Waals surface area (Å²) in [5.74, 6) is 0.884. The van der Waals surface area contributed by atoms with Gasteiger partial charge < -0.3 is 4.74 Å². The Bertz CT molecular complexity index is 450. The molecule has 1 aromatic carbocycles. The Balaban J connectivity index is 2.77. The minimum atomic E-state index is 0.884. The molecule has 0 radical (unpaired) electrons. The summed E-state index contributed by atoms with van der Waals surface area (Å²) in [4.78, 5) is 0. The van der Waals surface area contributed by atoms with E-state index in [0.29, 0.717) is 0 Å². The van der Waals surface area contributed by atoms with E-state index in [1.54, 1.807) is 7.11 Å². The maximum atomic E-state index is 5.21. The van der Waals surface area contributed by atoms with E-state index in [1.165, 1.54) is 0 Å². The first-order chi connectivity index (χ1) is 6.22. The zero-order valence-corrected chi connectivity index (χ0v) is 8.97. The van der Waals surface area contributed by atoms with E-state index in [4.69, 9.17) is 4.74 Å². The molecule has 68 valence electrons. The summed E-state index contributed by atoms with van der Waals surface area (Å²) in [6.07, 6.45) is 0. The largest absolute Gasteiger partial charge is 0.496 e. The van der Waals surface area contributed by atoms with Crippen LogP contribution in [0.15, 0.2) is 16.7 Å². The lowest BCUT2D eigenvalue weighted by atomic mass is 10.1. The Morgan fingerprint density at radius 3 is 2.92 bits per heavy atom. The molecule has 4 heteroatoms. The van der Waals surface area contributed by atoms with E-state index in [-0.39, 0.29) is 0 Å². The van der Waals surface area contributed by atoms with Gasteiger partial charge >= 0.3 is 0 Å². The Labute approximate surface area is 84.2 Å². The molecule has 2 aromatic rings. The van der Waals surface area contributed by atoms with Gasteiger partial charge in [0.1, 0.15) is 10.4 Å². The highest BCUT2D eigenvalue weighted by Gasteiger charge is 2.06. The fraction of sp³-hybridized carbons (Fsp3) is 0.222. The number of hydrogen-bond acceptors (Lipinski definition) is 2. The molecule has 13 heavy (non-hydrogen) atoms. The summed E-state index contributed by atoms with van der Waals surface area (Å²) in [5, 5.41) is 8.04. The van der Waals surface area contributed by atoms with Crippen molar-refractivity contribution in [3.05, 3.63) is 22.3 Å². The van der Waals surface area contributed by atoms with Crippen LogP contribution in [0.4, 0.5) is 0 Å². The van der Waals surface area contributed by atoms with Crippen molar-refractivity contribution in [2.45, 2.75) is 6.92 Å². The number of fused-ring (bicyclic) bond motifs is 1. The first-order valence-corrected chi connectivity index (χ1v) is 4.70. The lowest BCUT2D eigenvalue weighted by Crippen LogP contribution is -1.86. The van der Waals surface area contributed by atoms with Gasteiger partial charge in [0.25, 0.3) is 0 Å². The monoisotopic (exact) mass is 240 g/mol. The summed E-state index contributed by atoms with van der Waals surface area (Å²) < 4.78 is 6.10. The average molecular weight is 241 g/mol. The van der Waals surface area contributed by atoms with Gasteiger partial charge in [-0.1, -0.05) is 0 Å². The van der Waals surface area contributed by atoms with Gasteiger partial charge in [-0.25, -0.2) is 0 Å². The summed E-state index contributed by atoms with van der Waals surface area (Å²) >= 11 is 3.38. The van der Waals surface area contributed by atoms with Crippen molar-refractivity contribution in [2.24, 2.45) is 0 Å². The number of methoxy groups -OCH3 is 1. The number of nitrogens with zero attached hydrogens (tertiary/aromatic N) is 1. The average Bonchev–Trinajstić information content (AvgIpc) is 2.46. The minimum Gasteiger partial charge on any atom is -0.496 e. The molecular weight excluding hydrogens is 232 g/mol. The molecule has 0 aliphatic carbocycles. The van der Waals surface area contributed by atoms with Gasteiger partial charge in [-0.3, -0.25) is 5.10 Å². The van der Waals surface area contributed by atoms with Crippen LogP contribution in [0.25, 0.3) is 10.9 Å². The predicted octanol–water partition coefficient (Wildman–Crippen LogP) is 2.64. The highest BCUT2D eigenvalue weighted by molar-refractivity contribution is 9.10. The zero-order valence-electron chi connectivity index (χ0n) is 7.39. The third-order valence-corrected chi connectivity index (χ3v) is 2.63. The zero-order chi connectivity index (χ0) is 9.42. The van der Waals surface area contributed by atoms with Crippen molar-refractivity contribution >= 4 is 26.8 Å². The van der Waals surface area contributed by atoms with Gasteiger partial charge in [-0.05, 0) is 40.5 Å². The summed E-state index contributed by atoms with van der Waals surface area (Å²) in [6.45, 7) is 2.00. The quantitative estimate of drug-likeness (QED) is 0.833. The summed E-state index contributed by atoms with van der Waals surface area (Å²) in [6, 6.07) is 3.97. The van der Waals surface area contributed by atoms with E-state index in [1.807, 2.05) is 19.1 Å². The standard InChI is InChI=1S/C9H9BrN2O/c1-5-3-7-6(4-8(5)13-2)9(10)12-11-7/h3-4H,1-2H3,(H,11,12). The molecule has 1 heterocycles. The molecule has 0 saturated carbocycles. The normalized spacial score (nSPS) is 10.7. The van der Waals surface area contributed by atoms with Crippen LogP contribution in [-0.4, -0.2) is 17.3 Å². The second-order valence-corrected chi connectivity index (χ2v) is 3.67. The molecule has 1 N–H and O–H groups in total. The second-order valence-electron chi connectivity index (χ2n) is 2.88. The number of hydrogen-bond donors (Lipinski definition) is 1. The van der Waals surface area contributed by atoms with E-state index in [0.717, 1.165) is 26.8 Å². The van der Waals surface area contributed by atoms with Crippen LogP contribution in [0.5, 0.6) is 5.75 Å². The van der Waals surface area contributed by atoms with Crippen LogP contribution in [0.1, 0.15) is 5.56 Å². The highest BCUT2D eigenvalue weighted by Crippen LogP contribution is 2.28. The maximum Gasteiger partial charge on any atom is 0.122 e. The first kappa shape index (κ1) is 8.56. The second kappa shape index (κ2) is 3.03. The van der Waals surface area contributed by atoms with Crippen LogP contribution in [0.3, 0.4) is 0 Å². The van der Waals surface area contributed by atoms with Gasteiger partial charge in [-0.15, -0.1) is 0 Å². The third-order valence-electron chi connectivity index (χ3n) is 2.02. The number of ether oxygens (including phenoxy) is 1. The van der Waals surface area contributed by atoms with Gasteiger partial charge in [0.05, 0.1) is 12.6 Å². The fourth-order valence-corrected chi connectivity index (χ4v) is 1.74. The van der Waals surface area contributed by atoms with Crippen LogP contribution in [0, 0.1) is 6.92 Å². The van der Waals surface area contributed by atoms with Crippen molar-refractivity contribution in [1.82, 2.24) is 10.2 Å². The number of aryl methyl sites for hydroxylation is 1. The Morgan fingerprint density at radius 2 is 2.23 bits per heavy atom. The van der Waals surface area contributed by atoms with Crippen LogP contribution in [0.2, 0.25) is 0 Å². The Kier molecular flexibility index (Phi) is 2.00. The molecule has 2 rings (SSSR count). The van der Waals surface area contributed by atoms with Crippen molar-refractivity contribution in [3.8, 4) is 5.75 Å². The van der Waals surface area contributed by atoms with Gasteiger partial charge in [0.15, 0.2) is 0 Å². The Hall–Kier alpha value is -1.03. The van der Waals surface area contributed by atoms with Crippen LogP contribution < -0.4 is 4.74 Å². The number of aromatic nitrogens is 2. The van der Waals surface area contributed by atoms with E-state index in [2.05, 4.69) is 26.1 Å². The van der Waals surface area contributed by atoms with Crippen molar-refractivity contribution in [3.63, 3.8) is 0 Å². The molecule has 0 bridgehead atoms. The molecular formula is C9H9BrN2O. The molecule has 0 spiro atoms. The van der Waals surface area contributed by atoms with E-state index >= 15 is 0 Å². The molecule has 0 unspecified atom stereocenters. The molecule has 0 atom stereocenters. The molecule has 0 fully saturated rings. The number of nitrogens with one attached hydrogen (secondary N) is 1. The van der Waals surface area contributed by atoms with Crippen LogP contribution in [-0.2, 0) is 0 Å². The number of H-pyrrole nitrogens is 1. The summed E-state index contributed by atoms with van der Waals surface area (Å²) in [5.41, 5.74) is 2.04. The Morgan fingerprint density at radius 1 is 1.46 bits per heavy atom. The maximum absolute atomic E-state index is 5.21. The number of benzene rings is 1. The highest BCUT2D eigenvalue weighted by atomic mass is 79.9. The molecule has 0 aliphatic heterocycles. The van der Waals surface area contributed by atoms with Crippen molar-refractivity contribution in [2.75, 3.05) is 7.11 Å². The topological polar surface area (TPSA) is 37.9 Å². The van der Waals surface area contributed by atoms with Gasteiger partial charge in [-0.2, -0.15) is 5.10 Å². The number of rotatable bonds is 1. The third kappa shape index (κ3) is 1.31.